The third-order valence-corrected chi connectivity index (χ3v) is 16.9. The third kappa shape index (κ3) is 3.66. The lowest BCUT2D eigenvalue weighted by Crippen LogP contribution is -2.69. The van der Waals surface area contributed by atoms with Crippen LogP contribution in [0.5, 0.6) is 23.0 Å². The molecule has 14 heteroatoms. The second kappa shape index (κ2) is 11.2. The highest BCUT2D eigenvalue weighted by Gasteiger charge is 2.76. The number of hydrogen-bond donors (Lipinski definition) is 4. The van der Waals surface area contributed by atoms with Crippen LogP contribution in [0.2, 0.25) is 0 Å². The zero-order chi connectivity index (χ0) is 40.0. The number of ether oxygens (including phenoxy) is 6. The number of carbonyl (C=O) groups is 2. The third-order valence-electron chi connectivity index (χ3n) is 16.9. The van der Waals surface area contributed by atoms with Crippen molar-refractivity contribution in [2.24, 2.45) is 10.8 Å². The number of aromatic hydroxyl groups is 1. The minimum Gasteiger partial charge on any atom is -0.504 e. The van der Waals surface area contributed by atoms with E-state index < -0.39 is 34.4 Å². The fourth-order valence-corrected chi connectivity index (χ4v) is 14.9. The number of aliphatic hydroxyl groups excluding tert-OH is 1. The molecule has 4 N–H and O–H groups in total. The van der Waals surface area contributed by atoms with Crippen LogP contribution in [0.15, 0.2) is 40.7 Å². The molecule has 0 bridgehead atoms. The molecule has 14 nitrogen and oxygen atoms in total. The summed E-state index contributed by atoms with van der Waals surface area (Å²) < 4.78 is 35.8. The summed E-state index contributed by atoms with van der Waals surface area (Å²) in [4.78, 5) is 32.8. The van der Waals surface area contributed by atoms with Gasteiger partial charge in [-0.25, -0.2) is 9.59 Å². The smallest absolute Gasteiger partial charge is 0.335 e. The quantitative estimate of drug-likeness (QED) is 0.189. The van der Waals surface area contributed by atoms with Crippen LogP contribution in [0.25, 0.3) is 0 Å². The molecule has 0 aromatic heterocycles. The average molecular weight is 795 g/mol. The van der Waals surface area contributed by atoms with Gasteiger partial charge >= 0.3 is 11.9 Å². The highest BCUT2D eigenvalue weighted by atomic mass is 16.6. The summed E-state index contributed by atoms with van der Waals surface area (Å²) in [6.07, 6.45) is 2.52. The Morgan fingerprint density at radius 2 is 1.53 bits per heavy atom. The van der Waals surface area contributed by atoms with Crippen molar-refractivity contribution in [1.29, 1.82) is 0 Å². The van der Waals surface area contributed by atoms with Gasteiger partial charge in [-0.15, -0.1) is 0 Å². The monoisotopic (exact) mass is 794 g/mol. The Balaban J connectivity index is 1.05. The Morgan fingerprint density at radius 3 is 2.22 bits per heavy atom. The van der Waals surface area contributed by atoms with E-state index in [4.69, 9.17) is 28.4 Å². The maximum Gasteiger partial charge on any atom is 0.335 e. The second-order valence-corrected chi connectivity index (χ2v) is 18.3. The van der Waals surface area contributed by atoms with Crippen molar-refractivity contribution < 1.29 is 48.2 Å². The summed E-state index contributed by atoms with van der Waals surface area (Å²) in [7, 11) is 5.89. The molecule has 2 aliphatic carbocycles. The maximum atomic E-state index is 13.9. The van der Waals surface area contributed by atoms with Crippen LogP contribution >= 0.6 is 0 Å². The number of aliphatic hydroxyl groups is 1. The molecule has 306 valence electrons. The topological polar surface area (TPSA) is 164 Å². The number of esters is 2. The SMILES string of the molecule is CC[C@@]12CC(C(=O)OC)=C3Nc4cc5c(cc4[C@]34CCN(C[C@H]3O[C@H]31)[C@@H]24)[C@@H]1[C@H](O5)[C@@H](O)[C@@]2(CC)CC(C(=O)OC)=C3Nc4c(cc(O)c(OC)c4OC)[C@]34CCN1[C@@H]24. The van der Waals surface area contributed by atoms with Gasteiger partial charge in [-0.2, -0.15) is 0 Å². The van der Waals surface area contributed by atoms with E-state index in [2.05, 4.69) is 46.4 Å². The molecule has 0 radical (unpaired) electrons. The minimum atomic E-state index is -0.959. The van der Waals surface area contributed by atoms with E-state index in [0.29, 0.717) is 54.1 Å². The molecular formula is C44H50N4O10. The number of nitrogens with zero attached hydrogens (tertiary/aromatic N) is 2. The standard InChI is InChI=1S/C44H50N4O10/c1-7-41-16-20(37(51)55-5)34-44(23-14-25(49)30(53-3)31(54-4)28(23)46-34)10-12-48(40(41)44)29-19-13-22-24(15-26(19)57-32(29)35(41)50)45-33-21(38(52)56-6)17-42(8-2)36-27(58-36)18-47-11-9-43(22,33)39(42)47/h13-15,27,29,32,35-36,39-40,45-46,49-50H,7-12,16-18H2,1-6H3/t27-,29-,32+,35-,36-,39+,40+,41-,42-,43-,44-/m1/s1. The lowest BCUT2D eigenvalue weighted by molar-refractivity contribution is -0.168. The summed E-state index contributed by atoms with van der Waals surface area (Å²) >= 11 is 0. The molecule has 11 atom stereocenters. The van der Waals surface area contributed by atoms with E-state index in [-0.39, 0.29) is 59.6 Å². The molecule has 8 aliphatic heterocycles. The maximum absolute atomic E-state index is 13.9. The Labute approximate surface area is 336 Å². The number of phenolic OH excluding ortho intramolecular Hbond substituents is 1. The predicted octanol–water partition coefficient (Wildman–Crippen LogP) is 4.00. The lowest BCUT2D eigenvalue weighted by atomic mass is 9.51. The molecule has 8 heterocycles. The molecule has 0 amide bonds. The van der Waals surface area contributed by atoms with Gasteiger partial charge in [0.25, 0.3) is 0 Å². The molecule has 12 rings (SSSR count). The summed E-state index contributed by atoms with van der Waals surface area (Å²) in [5.41, 5.74) is 5.09. The largest absolute Gasteiger partial charge is 0.504 e. The number of rotatable bonds is 6. The Hall–Kier alpha value is -4.50. The molecule has 5 fully saturated rings. The van der Waals surface area contributed by atoms with Crippen LogP contribution in [-0.4, -0.2) is 117 Å². The van der Waals surface area contributed by atoms with E-state index in [1.54, 1.807) is 13.2 Å². The Morgan fingerprint density at radius 1 is 0.862 bits per heavy atom. The van der Waals surface area contributed by atoms with Gasteiger partial charge in [-0.3, -0.25) is 9.80 Å². The van der Waals surface area contributed by atoms with Gasteiger partial charge in [0, 0.05) is 64.7 Å². The van der Waals surface area contributed by atoms with E-state index >= 15 is 0 Å². The van der Waals surface area contributed by atoms with Gasteiger partial charge in [0.15, 0.2) is 11.5 Å². The number of epoxide rings is 1. The van der Waals surface area contributed by atoms with E-state index in [9.17, 15) is 19.8 Å². The van der Waals surface area contributed by atoms with Crippen LogP contribution in [0.4, 0.5) is 11.4 Å². The first-order chi connectivity index (χ1) is 28.0. The van der Waals surface area contributed by atoms with Crippen molar-refractivity contribution in [3.05, 3.63) is 57.4 Å². The highest BCUT2D eigenvalue weighted by Crippen LogP contribution is 2.73. The van der Waals surface area contributed by atoms with Crippen LogP contribution in [0, 0.1) is 10.8 Å². The Kier molecular flexibility index (Phi) is 6.84. The van der Waals surface area contributed by atoms with E-state index in [1.165, 1.54) is 26.9 Å². The van der Waals surface area contributed by atoms with Crippen molar-refractivity contribution in [2.75, 3.05) is 58.7 Å². The van der Waals surface area contributed by atoms with Crippen molar-refractivity contribution in [2.45, 2.75) is 106 Å². The van der Waals surface area contributed by atoms with Crippen LogP contribution in [-0.2, 0) is 34.6 Å². The molecule has 0 unspecified atom stereocenters. The fourth-order valence-electron chi connectivity index (χ4n) is 14.9. The minimum absolute atomic E-state index is 0.0607. The van der Waals surface area contributed by atoms with E-state index in [0.717, 1.165) is 54.1 Å². The summed E-state index contributed by atoms with van der Waals surface area (Å²) in [6, 6.07) is 5.72. The van der Waals surface area contributed by atoms with Crippen molar-refractivity contribution >= 4 is 23.3 Å². The van der Waals surface area contributed by atoms with Gasteiger partial charge in [-0.1, -0.05) is 13.8 Å². The van der Waals surface area contributed by atoms with E-state index in [1.807, 2.05) is 0 Å². The fraction of sp³-hybridized carbons (Fsp3) is 0.591. The van der Waals surface area contributed by atoms with Crippen LogP contribution in [0.1, 0.15) is 75.1 Å². The molecule has 2 aromatic rings. The summed E-state index contributed by atoms with van der Waals surface area (Å²) in [5, 5.41) is 31.8. The zero-order valence-electron chi connectivity index (χ0n) is 33.7. The zero-order valence-corrected chi connectivity index (χ0v) is 33.7. The molecule has 2 aromatic carbocycles. The van der Waals surface area contributed by atoms with Crippen molar-refractivity contribution in [3.8, 4) is 23.0 Å². The summed E-state index contributed by atoms with van der Waals surface area (Å²) in [6.45, 7) is 6.76. The van der Waals surface area contributed by atoms with Gasteiger partial charge in [0.05, 0.1) is 74.4 Å². The highest BCUT2D eigenvalue weighted by molar-refractivity contribution is 5.95. The first-order valence-corrected chi connectivity index (χ1v) is 20.9. The molecule has 0 saturated carbocycles. The molecular weight excluding hydrogens is 745 g/mol. The molecule has 2 spiro atoms. The van der Waals surface area contributed by atoms with Crippen LogP contribution < -0.4 is 24.8 Å². The second-order valence-electron chi connectivity index (χ2n) is 18.3. The number of fused-ring (bicyclic) bond motifs is 8. The van der Waals surface area contributed by atoms with Gasteiger partial charge in [-0.05, 0) is 68.3 Å². The molecule has 5 saturated heterocycles. The van der Waals surface area contributed by atoms with Gasteiger partial charge < -0.3 is 49.3 Å². The normalized spacial score (nSPS) is 40.0. The van der Waals surface area contributed by atoms with Crippen LogP contribution in [0.3, 0.4) is 0 Å². The predicted molar refractivity (Wildman–Crippen MR) is 208 cm³/mol. The van der Waals surface area contributed by atoms with Crippen molar-refractivity contribution in [3.63, 3.8) is 0 Å². The number of hydrogen-bond acceptors (Lipinski definition) is 14. The first-order valence-electron chi connectivity index (χ1n) is 20.9. The van der Waals surface area contributed by atoms with Gasteiger partial charge in [0.1, 0.15) is 18.0 Å². The lowest BCUT2D eigenvalue weighted by Gasteiger charge is -2.60. The molecule has 10 aliphatic rings. The molecule has 58 heavy (non-hydrogen) atoms. The Bertz CT molecular complexity index is 2350. The summed E-state index contributed by atoms with van der Waals surface area (Å²) in [5.74, 6) is 0.458. The number of phenols is 1. The number of piperidine rings is 2. The average Bonchev–Trinajstić information content (AvgIpc) is 3.57. The van der Waals surface area contributed by atoms with Gasteiger partial charge in [0.2, 0.25) is 5.75 Å². The first kappa shape index (κ1) is 35.4. The number of nitrogens with one attached hydrogen (secondary N) is 2. The van der Waals surface area contributed by atoms with Crippen molar-refractivity contribution in [1.82, 2.24) is 9.80 Å². The number of benzene rings is 2. The number of methoxy groups -OCH3 is 4. The number of carbonyl (C=O) groups excluding carboxylic acids is 2. The number of anilines is 2.